The summed E-state index contributed by atoms with van der Waals surface area (Å²) in [6.45, 7) is 6.07. The first kappa shape index (κ1) is 28.6. The van der Waals surface area contributed by atoms with E-state index >= 15 is 0 Å². The highest BCUT2D eigenvalue weighted by atomic mass is 32.2. The smallest absolute Gasteiger partial charge is 0.267 e. The van der Waals surface area contributed by atoms with Crippen molar-refractivity contribution in [2.24, 2.45) is 0 Å². The van der Waals surface area contributed by atoms with E-state index in [-0.39, 0.29) is 11.5 Å². The third-order valence-electron chi connectivity index (χ3n) is 6.19. The Kier molecular flexibility index (Phi) is 9.60. The molecular formula is C28H32N4O5S2. The van der Waals surface area contributed by atoms with Crippen molar-refractivity contribution >= 4 is 51.7 Å². The van der Waals surface area contributed by atoms with Gasteiger partial charge in [-0.2, -0.15) is 0 Å². The van der Waals surface area contributed by atoms with E-state index in [4.69, 9.17) is 26.4 Å². The Morgan fingerprint density at radius 1 is 1.13 bits per heavy atom. The van der Waals surface area contributed by atoms with E-state index in [1.54, 1.807) is 37.5 Å². The molecule has 2 aromatic heterocycles. The van der Waals surface area contributed by atoms with Crippen molar-refractivity contribution in [3.63, 3.8) is 0 Å². The first-order chi connectivity index (χ1) is 18.9. The van der Waals surface area contributed by atoms with Crippen LogP contribution in [0.1, 0.15) is 30.0 Å². The van der Waals surface area contributed by atoms with Crippen LogP contribution in [0.3, 0.4) is 0 Å². The summed E-state index contributed by atoms with van der Waals surface area (Å²) in [6.07, 6.45) is 4.67. The van der Waals surface area contributed by atoms with Crippen LogP contribution in [-0.4, -0.2) is 65.0 Å². The minimum atomic E-state index is -0.258. The molecule has 0 unspecified atom stereocenters. The first-order valence-corrected chi connectivity index (χ1v) is 13.9. The highest BCUT2D eigenvalue weighted by molar-refractivity contribution is 8.26. The topological polar surface area (TPSA) is 94.4 Å². The van der Waals surface area contributed by atoms with Gasteiger partial charge in [-0.15, -0.1) is 0 Å². The van der Waals surface area contributed by atoms with E-state index in [0.29, 0.717) is 70.5 Å². The number of carbonyl (C=O) groups is 1. The molecule has 1 saturated heterocycles. The van der Waals surface area contributed by atoms with Gasteiger partial charge in [-0.1, -0.05) is 36.1 Å². The molecule has 1 aromatic carbocycles. The predicted octanol–water partition coefficient (Wildman–Crippen LogP) is 4.30. The SMILES string of the molecule is CCOCCCNc1nc2ccc(C)cn2c(=O)c1/C=C1/SC(=S)N(CCc2ccc(OC)c(OC)c2)C1=O. The van der Waals surface area contributed by atoms with Gasteiger partial charge in [-0.3, -0.25) is 18.9 Å². The van der Waals surface area contributed by atoms with Crippen LogP contribution in [-0.2, 0) is 16.0 Å². The van der Waals surface area contributed by atoms with Crippen LogP contribution in [0.15, 0.2) is 46.2 Å². The van der Waals surface area contributed by atoms with Crippen LogP contribution in [0, 0.1) is 6.92 Å². The number of pyridine rings is 1. The molecule has 4 rings (SSSR count). The molecule has 1 aliphatic rings. The van der Waals surface area contributed by atoms with Crippen molar-refractivity contribution in [1.82, 2.24) is 14.3 Å². The number of hydrogen-bond acceptors (Lipinski definition) is 9. The number of amides is 1. The van der Waals surface area contributed by atoms with Crippen LogP contribution in [0.2, 0.25) is 0 Å². The quantitative estimate of drug-likeness (QED) is 0.195. The van der Waals surface area contributed by atoms with E-state index < -0.39 is 0 Å². The van der Waals surface area contributed by atoms with Gasteiger partial charge < -0.3 is 19.5 Å². The number of ether oxygens (including phenoxy) is 3. The van der Waals surface area contributed by atoms with Gasteiger partial charge in [0.25, 0.3) is 11.5 Å². The second-order valence-electron chi connectivity index (χ2n) is 8.86. The van der Waals surface area contributed by atoms with E-state index in [2.05, 4.69) is 10.3 Å². The fourth-order valence-corrected chi connectivity index (χ4v) is 5.44. The van der Waals surface area contributed by atoms with Gasteiger partial charge in [0, 0.05) is 32.5 Å². The molecular weight excluding hydrogens is 536 g/mol. The lowest BCUT2D eigenvalue weighted by atomic mass is 10.1. The normalized spacial score (nSPS) is 14.5. The van der Waals surface area contributed by atoms with Gasteiger partial charge >= 0.3 is 0 Å². The molecule has 11 heteroatoms. The summed E-state index contributed by atoms with van der Waals surface area (Å²) in [5.74, 6) is 1.46. The molecule has 1 aliphatic heterocycles. The Morgan fingerprint density at radius 2 is 1.92 bits per heavy atom. The van der Waals surface area contributed by atoms with Crippen molar-refractivity contribution in [2.75, 3.05) is 45.8 Å². The van der Waals surface area contributed by atoms with Crippen LogP contribution < -0.4 is 20.3 Å². The molecule has 9 nitrogen and oxygen atoms in total. The molecule has 3 heterocycles. The van der Waals surface area contributed by atoms with Gasteiger partial charge in [0.15, 0.2) is 11.5 Å². The summed E-state index contributed by atoms with van der Waals surface area (Å²) < 4.78 is 18.1. The molecule has 3 aromatic rings. The van der Waals surface area contributed by atoms with E-state index in [1.165, 1.54) is 16.2 Å². The van der Waals surface area contributed by atoms with E-state index in [9.17, 15) is 9.59 Å². The monoisotopic (exact) mass is 568 g/mol. The fourth-order valence-electron chi connectivity index (χ4n) is 4.15. The zero-order chi connectivity index (χ0) is 27.9. The molecule has 0 bridgehead atoms. The number of anilines is 1. The number of nitrogens with zero attached hydrogens (tertiary/aromatic N) is 3. The predicted molar refractivity (Wildman–Crippen MR) is 159 cm³/mol. The second-order valence-corrected chi connectivity index (χ2v) is 10.5. The summed E-state index contributed by atoms with van der Waals surface area (Å²) in [6, 6.07) is 9.37. The highest BCUT2D eigenvalue weighted by Gasteiger charge is 2.32. The Balaban J connectivity index is 1.59. The number of aryl methyl sites for hydroxylation is 1. The second kappa shape index (κ2) is 13.1. The lowest BCUT2D eigenvalue weighted by Crippen LogP contribution is -2.30. The Morgan fingerprint density at radius 3 is 2.67 bits per heavy atom. The lowest BCUT2D eigenvalue weighted by Gasteiger charge is -2.15. The number of thiocarbonyl (C=S) groups is 1. The molecule has 206 valence electrons. The highest BCUT2D eigenvalue weighted by Crippen LogP contribution is 2.34. The molecule has 0 saturated carbocycles. The molecule has 39 heavy (non-hydrogen) atoms. The van der Waals surface area contributed by atoms with Crippen LogP contribution >= 0.6 is 24.0 Å². The lowest BCUT2D eigenvalue weighted by molar-refractivity contribution is -0.122. The number of methoxy groups -OCH3 is 2. The van der Waals surface area contributed by atoms with Crippen LogP contribution in [0.4, 0.5) is 5.82 Å². The van der Waals surface area contributed by atoms with E-state index in [0.717, 1.165) is 17.5 Å². The number of hydrogen-bond donors (Lipinski definition) is 1. The molecule has 1 N–H and O–H groups in total. The van der Waals surface area contributed by atoms with Gasteiger partial charge in [0.05, 0.1) is 24.7 Å². The van der Waals surface area contributed by atoms with Crippen molar-refractivity contribution in [1.29, 1.82) is 0 Å². The third kappa shape index (κ3) is 6.60. The van der Waals surface area contributed by atoms with Gasteiger partial charge in [0.2, 0.25) is 0 Å². The summed E-state index contributed by atoms with van der Waals surface area (Å²) in [7, 11) is 3.17. The van der Waals surface area contributed by atoms with E-state index in [1.807, 2.05) is 38.1 Å². The van der Waals surface area contributed by atoms with Crippen LogP contribution in [0.25, 0.3) is 11.7 Å². The van der Waals surface area contributed by atoms with Crippen LogP contribution in [0.5, 0.6) is 11.5 Å². The van der Waals surface area contributed by atoms with Crippen molar-refractivity contribution < 1.29 is 19.0 Å². The number of thioether (sulfide) groups is 1. The molecule has 0 atom stereocenters. The Labute approximate surface area is 237 Å². The average molecular weight is 569 g/mol. The summed E-state index contributed by atoms with van der Waals surface area (Å²) in [5.41, 5.74) is 2.49. The third-order valence-corrected chi connectivity index (χ3v) is 7.57. The number of fused-ring (bicyclic) bond motifs is 1. The minimum absolute atomic E-state index is 0.235. The number of aromatic nitrogens is 2. The Hall–Kier alpha value is -3.41. The Bertz CT molecular complexity index is 1470. The number of benzene rings is 1. The maximum atomic E-state index is 13.5. The summed E-state index contributed by atoms with van der Waals surface area (Å²) >= 11 is 6.73. The number of rotatable bonds is 12. The zero-order valence-corrected chi connectivity index (χ0v) is 24.1. The molecule has 0 radical (unpaired) electrons. The van der Waals surface area contributed by atoms with Gasteiger partial charge in [-0.25, -0.2) is 4.98 Å². The summed E-state index contributed by atoms with van der Waals surface area (Å²) in [4.78, 5) is 33.6. The molecule has 0 aliphatic carbocycles. The standard InChI is InChI=1S/C28H32N4O5S2/c1-5-37-14-6-12-29-25-20(26(33)32-17-18(2)7-10-24(32)30-25)16-23-27(34)31(28(38)39-23)13-11-19-8-9-21(35-3)22(15-19)36-4/h7-10,15-17,29H,5-6,11-14H2,1-4H3/b23-16+. The summed E-state index contributed by atoms with van der Waals surface area (Å²) in [5, 5.41) is 3.26. The van der Waals surface area contributed by atoms with Crippen molar-refractivity contribution in [3.05, 3.63) is 68.5 Å². The molecule has 1 fully saturated rings. The largest absolute Gasteiger partial charge is 0.493 e. The minimum Gasteiger partial charge on any atom is -0.493 e. The fraction of sp³-hybridized carbons (Fsp3) is 0.357. The average Bonchev–Trinajstić information content (AvgIpc) is 3.20. The molecule has 1 amide bonds. The maximum absolute atomic E-state index is 13.5. The molecule has 0 spiro atoms. The van der Waals surface area contributed by atoms with Crippen molar-refractivity contribution in [3.8, 4) is 11.5 Å². The van der Waals surface area contributed by atoms with Gasteiger partial charge in [-0.05, 0) is 62.1 Å². The number of carbonyl (C=O) groups excluding carboxylic acids is 1. The zero-order valence-electron chi connectivity index (χ0n) is 22.5. The first-order valence-electron chi connectivity index (χ1n) is 12.7. The maximum Gasteiger partial charge on any atom is 0.267 e. The van der Waals surface area contributed by atoms with Crippen molar-refractivity contribution in [2.45, 2.75) is 26.7 Å². The number of nitrogens with one attached hydrogen (secondary N) is 1. The van der Waals surface area contributed by atoms with Gasteiger partial charge in [0.1, 0.15) is 15.8 Å².